The number of carbonyl (C=O) groups excluding carboxylic acids is 1. The van der Waals surface area contributed by atoms with Crippen LogP contribution in [0.5, 0.6) is 0 Å². The van der Waals surface area contributed by atoms with Gasteiger partial charge in [-0.15, -0.1) is 0 Å². The van der Waals surface area contributed by atoms with E-state index in [1.807, 2.05) is 0 Å². The summed E-state index contributed by atoms with van der Waals surface area (Å²) in [4.78, 5) is 22.4. The second-order valence-electron chi connectivity index (χ2n) is 4.77. The number of piperidine rings is 1. The first-order valence-electron chi connectivity index (χ1n) is 6.34. The van der Waals surface area contributed by atoms with Gasteiger partial charge >= 0.3 is 0 Å². The first kappa shape index (κ1) is 13.5. The van der Waals surface area contributed by atoms with E-state index in [0.717, 1.165) is 31.5 Å². The van der Waals surface area contributed by atoms with Gasteiger partial charge in [0.05, 0.1) is 4.92 Å². The van der Waals surface area contributed by atoms with Crippen molar-refractivity contribution in [3.63, 3.8) is 0 Å². The van der Waals surface area contributed by atoms with Crippen molar-refractivity contribution in [2.24, 2.45) is 0 Å². The molecule has 0 aliphatic carbocycles. The summed E-state index contributed by atoms with van der Waals surface area (Å²) in [7, 11) is 0. The molecule has 1 atom stereocenters. The quantitative estimate of drug-likeness (QED) is 0.637. The van der Waals surface area contributed by atoms with Crippen LogP contribution in [0.2, 0.25) is 0 Å². The highest BCUT2D eigenvalue weighted by molar-refractivity contribution is 5.96. The van der Waals surface area contributed by atoms with E-state index < -0.39 is 4.92 Å². The molecule has 1 heterocycles. The third kappa shape index (κ3) is 3.29. The Kier molecular flexibility index (Phi) is 4.11. The first-order chi connectivity index (χ1) is 9.08. The van der Waals surface area contributed by atoms with Crippen LogP contribution in [0.1, 0.15) is 28.8 Å². The summed E-state index contributed by atoms with van der Waals surface area (Å²) in [6.07, 6.45) is 1.96. The Balaban J connectivity index is 2.13. The lowest BCUT2D eigenvalue weighted by Crippen LogP contribution is -2.45. The van der Waals surface area contributed by atoms with Gasteiger partial charge in [0.1, 0.15) is 0 Å². The summed E-state index contributed by atoms with van der Waals surface area (Å²) in [6.45, 7) is 3.50. The van der Waals surface area contributed by atoms with E-state index >= 15 is 0 Å². The van der Waals surface area contributed by atoms with E-state index in [9.17, 15) is 14.9 Å². The highest BCUT2D eigenvalue weighted by atomic mass is 16.6. The van der Waals surface area contributed by atoms with Crippen LogP contribution in [0.25, 0.3) is 0 Å². The van der Waals surface area contributed by atoms with Gasteiger partial charge in [0.25, 0.3) is 11.6 Å². The summed E-state index contributed by atoms with van der Waals surface area (Å²) in [6, 6.07) is 4.45. The molecule has 0 bridgehead atoms. The van der Waals surface area contributed by atoms with Crippen molar-refractivity contribution >= 4 is 11.6 Å². The van der Waals surface area contributed by atoms with Crippen LogP contribution in [-0.4, -0.2) is 30.0 Å². The van der Waals surface area contributed by atoms with Crippen molar-refractivity contribution in [2.75, 3.05) is 13.1 Å². The van der Waals surface area contributed by atoms with Crippen LogP contribution in [0.4, 0.5) is 5.69 Å². The lowest BCUT2D eigenvalue weighted by atomic mass is 10.0. The topological polar surface area (TPSA) is 84.3 Å². The van der Waals surface area contributed by atoms with Gasteiger partial charge in [-0.2, -0.15) is 0 Å². The Labute approximate surface area is 111 Å². The summed E-state index contributed by atoms with van der Waals surface area (Å²) < 4.78 is 0. The molecule has 1 aromatic rings. The smallest absolute Gasteiger partial charge is 0.270 e. The van der Waals surface area contributed by atoms with Gasteiger partial charge in [0, 0.05) is 30.3 Å². The third-order valence-electron chi connectivity index (χ3n) is 3.31. The second kappa shape index (κ2) is 5.79. The highest BCUT2D eigenvalue weighted by Crippen LogP contribution is 2.17. The molecule has 102 valence electrons. The molecular formula is C13H17N3O3. The standard InChI is InChI=1S/C13H17N3O3/c1-9-4-5-11(16(18)19)7-12(9)13(17)15-10-3-2-6-14-8-10/h4-5,7,10,14H,2-3,6,8H2,1H3,(H,15,17)/t10-/m0/s1. The predicted octanol–water partition coefficient (Wildman–Crippen LogP) is 1.39. The van der Waals surface area contributed by atoms with Crippen LogP contribution >= 0.6 is 0 Å². The SMILES string of the molecule is Cc1ccc([N+](=O)[O-])cc1C(=O)N[C@H]1CCCNC1. The number of hydrogen-bond donors (Lipinski definition) is 2. The maximum Gasteiger partial charge on any atom is 0.270 e. The predicted molar refractivity (Wildman–Crippen MR) is 71.2 cm³/mol. The molecule has 0 saturated carbocycles. The fourth-order valence-corrected chi connectivity index (χ4v) is 2.21. The lowest BCUT2D eigenvalue weighted by Gasteiger charge is -2.24. The number of benzene rings is 1. The van der Waals surface area contributed by atoms with Crippen LogP contribution < -0.4 is 10.6 Å². The molecule has 1 aromatic carbocycles. The molecule has 2 N–H and O–H groups in total. The minimum Gasteiger partial charge on any atom is -0.348 e. The van der Waals surface area contributed by atoms with Crippen molar-refractivity contribution in [3.05, 3.63) is 39.4 Å². The number of nitro benzene ring substituents is 1. The molecule has 1 amide bonds. The van der Waals surface area contributed by atoms with E-state index in [4.69, 9.17) is 0 Å². The zero-order valence-corrected chi connectivity index (χ0v) is 10.8. The number of carbonyl (C=O) groups is 1. The third-order valence-corrected chi connectivity index (χ3v) is 3.31. The molecule has 1 aliphatic heterocycles. The molecule has 1 fully saturated rings. The van der Waals surface area contributed by atoms with Crippen molar-refractivity contribution < 1.29 is 9.72 Å². The average Bonchev–Trinajstić information content (AvgIpc) is 2.40. The summed E-state index contributed by atoms with van der Waals surface area (Å²) in [5.41, 5.74) is 1.06. The Bertz CT molecular complexity index is 496. The number of nitrogens with one attached hydrogen (secondary N) is 2. The summed E-state index contributed by atoms with van der Waals surface area (Å²) in [5.74, 6) is -0.241. The lowest BCUT2D eigenvalue weighted by molar-refractivity contribution is -0.384. The van der Waals surface area contributed by atoms with E-state index in [1.165, 1.54) is 12.1 Å². The van der Waals surface area contributed by atoms with Crippen molar-refractivity contribution in [2.45, 2.75) is 25.8 Å². The molecule has 1 aliphatic rings. The Morgan fingerprint density at radius 3 is 2.95 bits per heavy atom. The largest absolute Gasteiger partial charge is 0.348 e. The molecule has 6 nitrogen and oxygen atoms in total. The number of nitro groups is 1. The van der Waals surface area contributed by atoms with E-state index in [0.29, 0.717) is 5.56 Å². The van der Waals surface area contributed by atoms with Crippen molar-refractivity contribution in [3.8, 4) is 0 Å². The maximum atomic E-state index is 12.1. The first-order valence-corrected chi connectivity index (χ1v) is 6.34. The van der Waals surface area contributed by atoms with E-state index in [2.05, 4.69) is 10.6 Å². The van der Waals surface area contributed by atoms with E-state index in [-0.39, 0.29) is 17.6 Å². The van der Waals surface area contributed by atoms with Gasteiger partial charge in [-0.1, -0.05) is 6.07 Å². The minimum absolute atomic E-state index is 0.0579. The van der Waals surface area contributed by atoms with Crippen LogP contribution in [0, 0.1) is 17.0 Å². The monoisotopic (exact) mass is 263 g/mol. The van der Waals surface area contributed by atoms with Gasteiger partial charge in [0.2, 0.25) is 0 Å². The minimum atomic E-state index is -0.488. The van der Waals surface area contributed by atoms with Crippen LogP contribution in [-0.2, 0) is 0 Å². The molecule has 6 heteroatoms. The zero-order valence-electron chi connectivity index (χ0n) is 10.8. The fraction of sp³-hybridized carbons (Fsp3) is 0.462. The summed E-state index contributed by atoms with van der Waals surface area (Å²) in [5, 5.41) is 16.9. The summed E-state index contributed by atoms with van der Waals surface area (Å²) >= 11 is 0. The molecule has 2 rings (SSSR count). The van der Waals surface area contributed by atoms with Gasteiger partial charge in [-0.25, -0.2) is 0 Å². The Hall–Kier alpha value is -1.95. The van der Waals surface area contributed by atoms with Crippen LogP contribution in [0.3, 0.4) is 0 Å². The number of amides is 1. The van der Waals surface area contributed by atoms with Gasteiger partial charge in [-0.3, -0.25) is 14.9 Å². The number of rotatable bonds is 3. The molecule has 1 saturated heterocycles. The van der Waals surface area contributed by atoms with Gasteiger partial charge in [0.15, 0.2) is 0 Å². The van der Waals surface area contributed by atoms with E-state index in [1.54, 1.807) is 13.0 Å². The van der Waals surface area contributed by atoms with Crippen molar-refractivity contribution in [1.82, 2.24) is 10.6 Å². The maximum absolute atomic E-state index is 12.1. The molecule has 0 unspecified atom stereocenters. The van der Waals surface area contributed by atoms with Crippen molar-refractivity contribution in [1.29, 1.82) is 0 Å². The number of hydrogen-bond acceptors (Lipinski definition) is 4. The fourth-order valence-electron chi connectivity index (χ4n) is 2.21. The number of aryl methyl sites for hydroxylation is 1. The highest BCUT2D eigenvalue weighted by Gasteiger charge is 2.19. The molecular weight excluding hydrogens is 246 g/mol. The molecule has 0 radical (unpaired) electrons. The molecule has 0 aromatic heterocycles. The van der Waals surface area contributed by atoms with Gasteiger partial charge in [-0.05, 0) is 31.9 Å². The second-order valence-corrected chi connectivity index (χ2v) is 4.77. The van der Waals surface area contributed by atoms with Crippen LogP contribution in [0.15, 0.2) is 18.2 Å². The zero-order chi connectivity index (χ0) is 13.8. The number of nitrogens with zero attached hydrogens (tertiary/aromatic N) is 1. The van der Waals surface area contributed by atoms with Gasteiger partial charge < -0.3 is 10.6 Å². The molecule has 19 heavy (non-hydrogen) atoms. The normalized spacial score (nSPS) is 18.9. The Morgan fingerprint density at radius 1 is 1.53 bits per heavy atom. The molecule has 0 spiro atoms. The number of non-ortho nitro benzene ring substituents is 1. The Morgan fingerprint density at radius 2 is 2.32 bits per heavy atom. The average molecular weight is 263 g/mol.